The minimum absolute atomic E-state index is 0. The van der Waals surface area contributed by atoms with E-state index in [0.717, 1.165) is 44.7 Å². The Hall–Kier alpha value is -1.59. The third-order valence-corrected chi connectivity index (χ3v) is 6.15. The van der Waals surface area contributed by atoms with Crippen LogP contribution in [0.25, 0.3) is 0 Å². The topological polar surface area (TPSA) is 52.7 Å². The number of halogens is 1. The van der Waals surface area contributed by atoms with Crippen molar-refractivity contribution in [3.05, 3.63) is 29.8 Å². The van der Waals surface area contributed by atoms with Crippen LogP contribution in [0.3, 0.4) is 0 Å². The zero-order valence-corrected chi connectivity index (χ0v) is 16.1. The Bertz CT molecular complexity index is 650. The number of fused-ring (bicyclic) bond motifs is 1. The molecule has 1 aromatic carbocycles. The molecule has 0 spiro atoms. The van der Waals surface area contributed by atoms with Gasteiger partial charge in [-0.25, -0.2) is 0 Å². The van der Waals surface area contributed by atoms with Crippen LogP contribution in [-0.2, 0) is 9.59 Å². The largest absolute Gasteiger partial charge is 0.342 e. The van der Waals surface area contributed by atoms with Crippen LogP contribution in [0.4, 0.5) is 5.69 Å². The lowest BCUT2D eigenvalue weighted by Gasteiger charge is -2.24. The van der Waals surface area contributed by atoms with Gasteiger partial charge in [-0.3, -0.25) is 9.59 Å². The molecule has 1 unspecified atom stereocenters. The molecule has 3 aliphatic heterocycles. The molecule has 3 saturated heterocycles. The highest BCUT2D eigenvalue weighted by Crippen LogP contribution is 2.30. The van der Waals surface area contributed by atoms with E-state index in [9.17, 15) is 9.59 Å². The first-order valence-electron chi connectivity index (χ1n) is 9.48. The number of likely N-dealkylation sites (tertiary alicyclic amines) is 1. The summed E-state index contributed by atoms with van der Waals surface area (Å²) in [5.74, 6) is 1.48. The molecule has 3 heterocycles. The van der Waals surface area contributed by atoms with Gasteiger partial charge in [0.2, 0.25) is 11.8 Å². The summed E-state index contributed by atoms with van der Waals surface area (Å²) in [6, 6.07) is 7.97. The molecule has 1 N–H and O–H groups in total. The number of hydrogen-bond acceptors (Lipinski definition) is 3. The highest BCUT2D eigenvalue weighted by molar-refractivity contribution is 6.00. The van der Waals surface area contributed by atoms with Crippen molar-refractivity contribution in [1.82, 2.24) is 10.2 Å². The fourth-order valence-corrected chi connectivity index (χ4v) is 4.54. The third kappa shape index (κ3) is 3.74. The van der Waals surface area contributed by atoms with Crippen molar-refractivity contribution < 1.29 is 9.59 Å². The first kappa shape index (κ1) is 19.2. The number of benzene rings is 1. The minimum atomic E-state index is -0.190. The van der Waals surface area contributed by atoms with Gasteiger partial charge in [-0.05, 0) is 56.8 Å². The van der Waals surface area contributed by atoms with E-state index in [2.05, 4.69) is 5.32 Å². The molecule has 4 rings (SSSR count). The summed E-state index contributed by atoms with van der Waals surface area (Å²) in [6.07, 6.45) is 2.52. The van der Waals surface area contributed by atoms with Crippen LogP contribution >= 0.6 is 12.4 Å². The van der Waals surface area contributed by atoms with Crippen molar-refractivity contribution in [2.24, 2.45) is 17.8 Å². The summed E-state index contributed by atoms with van der Waals surface area (Å²) in [6.45, 7) is 6.43. The molecule has 0 aliphatic carbocycles. The SMILES string of the molecule is Cc1ccc(N2CC(C(=O)N3CC[C@@H]4CNC[C@@H]4CC3)CC2=O)cc1.Cl. The predicted octanol–water partition coefficient (Wildman–Crippen LogP) is 2.23. The number of carbonyl (C=O) groups is 2. The van der Waals surface area contributed by atoms with Gasteiger partial charge in [-0.2, -0.15) is 0 Å². The first-order valence-corrected chi connectivity index (χ1v) is 9.48. The Balaban J connectivity index is 0.00000196. The molecule has 26 heavy (non-hydrogen) atoms. The number of hydrogen-bond donors (Lipinski definition) is 1. The fraction of sp³-hybridized carbons (Fsp3) is 0.600. The molecule has 0 bridgehead atoms. The second-order valence-electron chi connectivity index (χ2n) is 7.82. The number of aryl methyl sites for hydroxylation is 1. The van der Waals surface area contributed by atoms with Gasteiger partial charge < -0.3 is 15.1 Å². The van der Waals surface area contributed by atoms with Crippen LogP contribution in [0.2, 0.25) is 0 Å². The van der Waals surface area contributed by atoms with Gasteiger partial charge in [0.15, 0.2) is 0 Å². The predicted molar refractivity (Wildman–Crippen MR) is 105 cm³/mol. The maximum absolute atomic E-state index is 13.0. The summed E-state index contributed by atoms with van der Waals surface area (Å²) in [4.78, 5) is 29.2. The van der Waals surface area contributed by atoms with Crippen LogP contribution in [-0.4, -0.2) is 49.4 Å². The number of carbonyl (C=O) groups excluding carboxylic acids is 2. The first-order chi connectivity index (χ1) is 12.1. The molecule has 1 aromatic rings. The van der Waals surface area contributed by atoms with Crippen LogP contribution in [0, 0.1) is 24.7 Å². The van der Waals surface area contributed by atoms with Crippen LogP contribution < -0.4 is 10.2 Å². The summed E-state index contributed by atoms with van der Waals surface area (Å²) in [5.41, 5.74) is 2.08. The highest BCUT2D eigenvalue weighted by atomic mass is 35.5. The molecule has 3 aliphatic rings. The molecule has 0 aromatic heterocycles. The number of nitrogens with one attached hydrogen (secondary N) is 1. The molecule has 6 heteroatoms. The summed E-state index contributed by atoms with van der Waals surface area (Å²) in [5, 5.41) is 3.47. The van der Waals surface area contributed by atoms with Gasteiger partial charge >= 0.3 is 0 Å². The average Bonchev–Trinajstić information content (AvgIpc) is 3.17. The summed E-state index contributed by atoms with van der Waals surface area (Å²) in [7, 11) is 0. The second-order valence-corrected chi connectivity index (χ2v) is 7.82. The lowest BCUT2D eigenvalue weighted by atomic mass is 9.92. The standard InChI is InChI=1S/C20H27N3O2.ClH/c1-14-2-4-18(5-3-14)23-13-17(10-19(23)24)20(25)22-8-6-15-11-21-12-16(15)7-9-22;/h2-5,15-17,21H,6-13H2,1H3;1H/t15-,16+,17?;. The number of amides is 2. The van der Waals surface area contributed by atoms with Gasteiger partial charge in [0.05, 0.1) is 5.92 Å². The lowest BCUT2D eigenvalue weighted by Crippen LogP contribution is -2.38. The van der Waals surface area contributed by atoms with Crippen molar-refractivity contribution >= 4 is 29.9 Å². The third-order valence-electron chi connectivity index (χ3n) is 6.15. The van der Waals surface area contributed by atoms with E-state index >= 15 is 0 Å². The van der Waals surface area contributed by atoms with E-state index in [0.29, 0.717) is 24.8 Å². The van der Waals surface area contributed by atoms with E-state index in [1.165, 1.54) is 5.56 Å². The van der Waals surface area contributed by atoms with Crippen LogP contribution in [0.15, 0.2) is 24.3 Å². The van der Waals surface area contributed by atoms with E-state index in [1.807, 2.05) is 36.1 Å². The van der Waals surface area contributed by atoms with Crippen LogP contribution in [0.5, 0.6) is 0 Å². The lowest BCUT2D eigenvalue weighted by molar-refractivity contribution is -0.135. The zero-order valence-electron chi connectivity index (χ0n) is 15.3. The Morgan fingerprint density at radius 1 is 1.08 bits per heavy atom. The van der Waals surface area contributed by atoms with E-state index in [1.54, 1.807) is 4.90 Å². The Morgan fingerprint density at radius 3 is 2.31 bits per heavy atom. The average molecular weight is 378 g/mol. The van der Waals surface area contributed by atoms with Gasteiger partial charge in [0.1, 0.15) is 0 Å². The number of rotatable bonds is 2. The molecule has 3 atom stereocenters. The van der Waals surface area contributed by atoms with Crippen molar-refractivity contribution in [3.63, 3.8) is 0 Å². The zero-order chi connectivity index (χ0) is 17.4. The second kappa shape index (κ2) is 7.97. The number of anilines is 1. The smallest absolute Gasteiger partial charge is 0.228 e. The minimum Gasteiger partial charge on any atom is -0.342 e. The molecule has 2 amide bonds. The highest BCUT2D eigenvalue weighted by Gasteiger charge is 2.39. The van der Waals surface area contributed by atoms with E-state index in [4.69, 9.17) is 0 Å². The van der Waals surface area contributed by atoms with Gasteiger partial charge in [0.25, 0.3) is 0 Å². The van der Waals surface area contributed by atoms with Gasteiger partial charge in [-0.15, -0.1) is 12.4 Å². The molecular weight excluding hydrogens is 350 g/mol. The van der Waals surface area contributed by atoms with Crippen molar-refractivity contribution in [1.29, 1.82) is 0 Å². The molecule has 0 saturated carbocycles. The maximum Gasteiger partial charge on any atom is 0.228 e. The molecular formula is C20H28ClN3O2. The van der Waals surface area contributed by atoms with Gasteiger partial charge in [0, 0.05) is 31.7 Å². The summed E-state index contributed by atoms with van der Waals surface area (Å²) >= 11 is 0. The normalized spacial score (nSPS) is 28.5. The van der Waals surface area contributed by atoms with Crippen molar-refractivity contribution in [2.45, 2.75) is 26.2 Å². The van der Waals surface area contributed by atoms with Crippen molar-refractivity contribution in [2.75, 3.05) is 37.6 Å². The monoisotopic (exact) mass is 377 g/mol. The Kier molecular flexibility index (Phi) is 5.88. The van der Waals surface area contributed by atoms with E-state index < -0.39 is 0 Å². The van der Waals surface area contributed by atoms with Gasteiger partial charge in [-0.1, -0.05) is 17.7 Å². The quantitative estimate of drug-likeness (QED) is 0.859. The van der Waals surface area contributed by atoms with E-state index in [-0.39, 0.29) is 30.1 Å². The maximum atomic E-state index is 13.0. The Morgan fingerprint density at radius 2 is 1.69 bits per heavy atom. The number of nitrogens with zero attached hydrogens (tertiary/aromatic N) is 2. The van der Waals surface area contributed by atoms with Crippen molar-refractivity contribution in [3.8, 4) is 0 Å². The summed E-state index contributed by atoms with van der Waals surface area (Å²) < 4.78 is 0. The Labute approximate surface area is 161 Å². The fourth-order valence-electron chi connectivity index (χ4n) is 4.54. The van der Waals surface area contributed by atoms with Crippen LogP contribution in [0.1, 0.15) is 24.8 Å². The molecule has 0 radical (unpaired) electrons. The molecule has 3 fully saturated rings. The molecule has 5 nitrogen and oxygen atoms in total. The molecule has 142 valence electrons.